The Labute approximate surface area is 125 Å². The number of aromatic nitrogens is 3. The Kier molecular flexibility index (Phi) is 4.95. The molecule has 1 unspecified atom stereocenters. The summed E-state index contributed by atoms with van der Waals surface area (Å²) in [6.07, 6.45) is -0.913. The number of carbonyl (C=O) groups is 1. The number of aliphatic hydroxyl groups is 1. The van der Waals surface area contributed by atoms with E-state index in [1.54, 1.807) is 4.90 Å². The highest BCUT2D eigenvalue weighted by molar-refractivity contribution is 5.80. The number of carbonyl (C=O) groups excluding carboxylic acids is 1. The van der Waals surface area contributed by atoms with Crippen LogP contribution >= 0.6 is 0 Å². The van der Waals surface area contributed by atoms with Gasteiger partial charge in [0.1, 0.15) is 17.8 Å². The Morgan fingerprint density at radius 1 is 1.19 bits per heavy atom. The molecule has 0 spiro atoms. The first-order chi connectivity index (χ1) is 9.90. The first-order valence-corrected chi connectivity index (χ1v) is 7.47. The highest BCUT2D eigenvalue weighted by atomic mass is 16.3. The molecule has 2 heterocycles. The number of hydrogen-bond donors (Lipinski definition) is 1. The van der Waals surface area contributed by atoms with E-state index in [0.29, 0.717) is 19.0 Å². The lowest BCUT2D eigenvalue weighted by Gasteiger charge is -2.35. The van der Waals surface area contributed by atoms with Gasteiger partial charge >= 0.3 is 0 Å². The highest BCUT2D eigenvalue weighted by Gasteiger charge is 2.24. The molecule has 1 aromatic rings. The van der Waals surface area contributed by atoms with Crippen molar-refractivity contribution in [2.24, 2.45) is 7.05 Å². The fourth-order valence-corrected chi connectivity index (χ4v) is 2.61. The quantitative estimate of drug-likeness (QED) is 0.844. The van der Waals surface area contributed by atoms with E-state index in [-0.39, 0.29) is 5.91 Å². The molecule has 1 N–H and O–H groups in total. The average Bonchev–Trinajstić information content (AvgIpc) is 2.80. The van der Waals surface area contributed by atoms with Crippen LogP contribution in [0.3, 0.4) is 0 Å². The second kappa shape index (κ2) is 6.53. The summed E-state index contributed by atoms with van der Waals surface area (Å²) >= 11 is 0. The minimum atomic E-state index is -0.913. The van der Waals surface area contributed by atoms with Gasteiger partial charge in [0.2, 0.25) is 0 Å². The van der Waals surface area contributed by atoms with Gasteiger partial charge in [-0.25, -0.2) is 0 Å². The van der Waals surface area contributed by atoms with Gasteiger partial charge < -0.3 is 14.6 Å². The Hall–Kier alpha value is -1.47. The molecule has 1 saturated heterocycles. The number of rotatable bonds is 4. The van der Waals surface area contributed by atoms with Crippen LogP contribution in [0, 0.1) is 0 Å². The lowest BCUT2D eigenvalue weighted by Crippen LogP contribution is -2.50. The van der Waals surface area contributed by atoms with Gasteiger partial charge in [-0.05, 0) is 6.92 Å². The molecule has 1 aliphatic heterocycles. The van der Waals surface area contributed by atoms with Gasteiger partial charge in [0.25, 0.3) is 5.91 Å². The van der Waals surface area contributed by atoms with Crippen LogP contribution in [0.4, 0.5) is 0 Å². The van der Waals surface area contributed by atoms with Gasteiger partial charge in [-0.1, -0.05) is 13.8 Å². The maximum Gasteiger partial charge on any atom is 0.251 e. The molecule has 21 heavy (non-hydrogen) atoms. The number of hydrogen-bond acceptors (Lipinski definition) is 5. The summed E-state index contributed by atoms with van der Waals surface area (Å²) < 4.78 is 2.05. The highest BCUT2D eigenvalue weighted by Crippen LogP contribution is 2.14. The van der Waals surface area contributed by atoms with Crippen molar-refractivity contribution >= 4 is 5.91 Å². The van der Waals surface area contributed by atoms with E-state index < -0.39 is 6.10 Å². The summed E-state index contributed by atoms with van der Waals surface area (Å²) in [6.45, 7) is 9.36. The molecule has 1 atom stereocenters. The lowest BCUT2D eigenvalue weighted by molar-refractivity contribution is -0.141. The SMILES string of the molecule is CC(O)C(=O)N1CCN(Cc2nnc(C(C)C)n2C)CC1. The van der Waals surface area contributed by atoms with E-state index in [9.17, 15) is 9.90 Å². The van der Waals surface area contributed by atoms with Crippen LogP contribution in [-0.2, 0) is 18.4 Å². The van der Waals surface area contributed by atoms with Crippen LogP contribution in [0.2, 0.25) is 0 Å². The third-order valence-corrected chi connectivity index (χ3v) is 3.92. The van der Waals surface area contributed by atoms with E-state index in [0.717, 1.165) is 31.3 Å². The standard InChI is InChI=1S/C14H25N5O2/c1-10(2)13-16-15-12(17(13)4)9-18-5-7-19(8-6-18)14(21)11(3)20/h10-11,20H,5-9H2,1-4H3. The Bertz CT molecular complexity index is 490. The summed E-state index contributed by atoms with van der Waals surface area (Å²) in [6, 6.07) is 0. The lowest BCUT2D eigenvalue weighted by atomic mass is 10.2. The molecule has 1 aromatic heterocycles. The van der Waals surface area contributed by atoms with Crippen molar-refractivity contribution in [1.82, 2.24) is 24.6 Å². The Morgan fingerprint density at radius 2 is 1.81 bits per heavy atom. The second-order valence-corrected chi connectivity index (χ2v) is 5.97. The second-order valence-electron chi connectivity index (χ2n) is 5.97. The first-order valence-electron chi connectivity index (χ1n) is 7.47. The molecule has 0 aromatic carbocycles. The monoisotopic (exact) mass is 295 g/mol. The van der Waals surface area contributed by atoms with Crippen LogP contribution in [0.25, 0.3) is 0 Å². The number of amides is 1. The molecule has 1 amide bonds. The van der Waals surface area contributed by atoms with Crippen LogP contribution in [0.1, 0.15) is 38.3 Å². The van der Waals surface area contributed by atoms with E-state index >= 15 is 0 Å². The molecule has 2 rings (SSSR count). The number of piperazine rings is 1. The predicted molar refractivity (Wildman–Crippen MR) is 78.6 cm³/mol. The van der Waals surface area contributed by atoms with E-state index in [2.05, 4.69) is 33.5 Å². The molecule has 0 saturated carbocycles. The van der Waals surface area contributed by atoms with Gasteiger partial charge in [-0.2, -0.15) is 0 Å². The molecule has 1 fully saturated rings. The van der Waals surface area contributed by atoms with Crippen LogP contribution in [0.15, 0.2) is 0 Å². The fraction of sp³-hybridized carbons (Fsp3) is 0.786. The van der Waals surface area contributed by atoms with Gasteiger partial charge in [0, 0.05) is 39.1 Å². The Balaban J connectivity index is 1.91. The fourth-order valence-electron chi connectivity index (χ4n) is 2.61. The molecule has 7 nitrogen and oxygen atoms in total. The normalized spacial score (nSPS) is 18.3. The van der Waals surface area contributed by atoms with Crippen molar-refractivity contribution in [2.75, 3.05) is 26.2 Å². The summed E-state index contributed by atoms with van der Waals surface area (Å²) in [5, 5.41) is 17.8. The molecular formula is C14H25N5O2. The zero-order valence-corrected chi connectivity index (χ0v) is 13.3. The third-order valence-electron chi connectivity index (χ3n) is 3.92. The molecular weight excluding hydrogens is 270 g/mol. The van der Waals surface area contributed by atoms with Gasteiger partial charge in [-0.3, -0.25) is 9.69 Å². The topological polar surface area (TPSA) is 74.5 Å². The predicted octanol–water partition coefficient (Wildman–Crippen LogP) is -0.0365. The van der Waals surface area contributed by atoms with Crippen molar-refractivity contribution in [3.05, 3.63) is 11.6 Å². The first kappa shape index (κ1) is 15.9. The van der Waals surface area contributed by atoms with Gasteiger partial charge in [0.05, 0.1) is 6.54 Å². The zero-order chi connectivity index (χ0) is 15.6. The zero-order valence-electron chi connectivity index (χ0n) is 13.3. The van der Waals surface area contributed by atoms with Crippen molar-refractivity contribution in [2.45, 2.75) is 39.3 Å². The van der Waals surface area contributed by atoms with Crippen molar-refractivity contribution in [3.8, 4) is 0 Å². The molecule has 1 aliphatic rings. The van der Waals surface area contributed by atoms with E-state index in [1.807, 2.05) is 7.05 Å². The van der Waals surface area contributed by atoms with E-state index in [1.165, 1.54) is 6.92 Å². The minimum Gasteiger partial charge on any atom is -0.384 e. The maximum absolute atomic E-state index is 11.7. The third kappa shape index (κ3) is 3.59. The molecule has 0 aliphatic carbocycles. The summed E-state index contributed by atoms with van der Waals surface area (Å²) in [7, 11) is 2.00. The number of nitrogens with zero attached hydrogens (tertiary/aromatic N) is 5. The molecule has 7 heteroatoms. The minimum absolute atomic E-state index is 0.185. The molecule has 118 valence electrons. The van der Waals surface area contributed by atoms with Crippen molar-refractivity contribution in [1.29, 1.82) is 0 Å². The van der Waals surface area contributed by atoms with Crippen LogP contribution in [-0.4, -0.2) is 67.9 Å². The summed E-state index contributed by atoms with van der Waals surface area (Å²) in [4.78, 5) is 15.7. The van der Waals surface area contributed by atoms with E-state index in [4.69, 9.17) is 0 Å². The summed E-state index contributed by atoms with van der Waals surface area (Å²) in [5.74, 6) is 2.12. The number of aliphatic hydroxyl groups excluding tert-OH is 1. The smallest absolute Gasteiger partial charge is 0.251 e. The largest absolute Gasteiger partial charge is 0.384 e. The Morgan fingerprint density at radius 3 is 2.29 bits per heavy atom. The average molecular weight is 295 g/mol. The molecule has 0 radical (unpaired) electrons. The maximum atomic E-state index is 11.7. The molecule has 0 bridgehead atoms. The van der Waals surface area contributed by atoms with Crippen LogP contribution in [0.5, 0.6) is 0 Å². The summed E-state index contributed by atoms with van der Waals surface area (Å²) in [5.41, 5.74) is 0. The van der Waals surface area contributed by atoms with Crippen LogP contribution < -0.4 is 0 Å². The van der Waals surface area contributed by atoms with Crippen molar-refractivity contribution < 1.29 is 9.90 Å². The van der Waals surface area contributed by atoms with Gasteiger partial charge in [0.15, 0.2) is 0 Å². The van der Waals surface area contributed by atoms with Crippen molar-refractivity contribution in [3.63, 3.8) is 0 Å². The van der Waals surface area contributed by atoms with Gasteiger partial charge in [-0.15, -0.1) is 10.2 Å².